The minimum Gasteiger partial charge on any atom is -0.496 e. The van der Waals surface area contributed by atoms with E-state index in [-0.39, 0.29) is 11.0 Å². The molecule has 0 aliphatic rings. The predicted molar refractivity (Wildman–Crippen MR) is 110 cm³/mol. The van der Waals surface area contributed by atoms with Gasteiger partial charge in [0, 0.05) is 11.3 Å². The molecule has 0 aromatic heterocycles. The van der Waals surface area contributed by atoms with Crippen molar-refractivity contribution in [3.8, 4) is 5.75 Å². The maximum absolute atomic E-state index is 12.4. The van der Waals surface area contributed by atoms with Crippen LogP contribution in [0.25, 0.3) is 0 Å². The molecule has 1 atom stereocenters. The van der Waals surface area contributed by atoms with Gasteiger partial charge >= 0.3 is 0 Å². The van der Waals surface area contributed by atoms with Crippen molar-refractivity contribution in [2.45, 2.75) is 26.2 Å². The van der Waals surface area contributed by atoms with Crippen LogP contribution in [-0.2, 0) is 0 Å². The van der Waals surface area contributed by atoms with Gasteiger partial charge in [0.1, 0.15) is 5.75 Å². The number of rotatable bonds is 5. The van der Waals surface area contributed by atoms with Crippen LogP contribution < -0.4 is 15.4 Å². The van der Waals surface area contributed by atoms with Gasteiger partial charge in [-0.2, -0.15) is 0 Å². The number of halogens is 1. The van der Waals surface area contributed by atoms with Crippen molar-refractivity contribution in [3.63, 3.8) is 0 Å². The second-order valence-electron chi connectivity index (χ2n) is 5.65. The molecule has 6 heteroatoms. The van der Waals surface area contributed by atoms with E-state index in [0.29, 0.717) is 21.7 Å². The molecule has 25 heavy (non-hydrogen) atoms. The summed E-state index contributed by atoms with van der Waals surface area (Å²) in [5.41, 5.74) is 2.58. The Labute approximate surface area is 162 Å². The minimum absolute atomic E-state index is 0.271. The second-order valence-corrected chi connectivity index (χ2v) is 6.92. The number of methoxy groups -OCH3 is 1. The zero-order chi connectivity index (χ0) is 18.4. The maximum Gasteiger partial charge on any atom is 0.257 e. The van der Waals surface area contributed by atoms with E-state index in [1.807, 2.05) is 18.2 Å². The number of thiocarbonyl (C=S) groups is 1. The molecule has 132 valence electrons. The van der Waals surface area contributed by atoms with Crippen LogP contribution in [0.3, 0.4) is 0 Å². The molecule has 0 spiro atoms. The molecule has 4 nitrogen and oxygen atoms in total. The first-order valence-corrected chi connectivity index (χ1v) is 9.21. The van der Waals surface area contributed by atoms with E-state index in [2.05, 4.69) is 46.5 Å². The van der Waals surface area contributed by atoms with E-state index in [1.54, 1.807) is 25.3 Å². The Morgan fingerprint density at radius 2 is 2.00 bits per heavy atom. The topological polar surface area (TPSA) is 50.4 Å². The Morgan fingerprint density at radius 1 is 1.28 bits per heavy atom. The highest BCUT2D eigenvalue weighted by molar-refractivity contribution is 9.10. The molecule has 2 N–H and O–H groups in total. The Bertz CT molecular complexity index is 780. The first-order chi connectivity index (χ1) is 12.0. The fourth-order valence-corrected chi connectivity index (χ4v) is 3.14. The highest BCUT2D eigenvalue weighted by Gasteiger charge is 2.13. The summed E-state index contributed by atoms with van der Waals surface area (Å²) in [5.74, 6) is 0.793. The molecule has 0 saturated heterocycles. The Kier molecular flexibility index (Phi) is 6.96. The lowest BCUT2D eigenvalue weighted by atomic mass is 9.97. The molecule has 1 amide bonds. The summed E-state index contributed by atoms with van der Waals surface area (Å²) in [6, 6.07) is 13.1. The zero-order valence-corrected chi connectivity index (χ0v) is 16.8. The molecule has 0 aliphatic heterocycles. The second kappa shape index (κ2) is 8.97. The maximum atomic E-state index is 12.4. The zero-order valence-electron chi connectivity index (χ0n) is 14.4. The van der Waals surface area contributed by atoms with Gasteiger partial charge in [-0.1, -0.05) is 32.0 Å². The lowest BCUT2D eigenvalue weighted by Gasteiger charge is -2.17. The van der Waals surface area contributed by atoms with Crippen molar-refractivity contribution in [1.82, 2.24) is 5.32 Å². The number of para-hydroxylation sites is 1. The summed E-state index contributed by atoms with van der Waals surface area (Å²) >= 11 is 8.67. The summed E-state index contributed by atoms with van der Waals surface area (Å²) in [6.07, 6.45) is 1.03. The van der Waals surface area contributed by atoms with E-state index < -0.39 is 0 Å². The average Bonchev–Trinajstić information content (AvgIpc) is 2.61. The van der Waals surface area contributed by atoms with Gasteiger partial charge in [-0.15, -0.1) is 0 Å². The van der Waals surface area contributed by atoms with Crippen molar-refractivity contribution in [2.24, 2.45) is 0 Å². The molecule has 2 aromatic rings. The highest BCUT2D eigenvalue weighted by Crippen LogP contribution is 2.27. The molecule has 0 aliphatic carbocycles. The standard InChI is InChI=1S/C19H21BrN2O2S/c1-4-12(2)14-7-5-6-8-16(14)21-19(25)22-18(23)13-9-10-17(24-3)15(20)11-13/h5-12H,4H2,1-3H3,(H2,21,22,23,25)/t12-/m0/s1. The van der Waals surface area contributed by atoms with Crippen LogP contribution in [0, 0.1) is 0 Å². The van der Waals surface area contributed by atoms with E-state index in [9.17, 15) is 4.79 Å². The number of amides is 1. The quantitative estimate of drug-likeness (QED) is 0.660. The van der Waals surface area contributed by atoms with Gasteiger partial charge in [0.15, 0.2) is 5.11 Å². The fraction of sp³-hybridized carbons (Fsp3) is 0.263. The Morgan fingerprint density at radius 3 is 2.64 bits per heavy atom. The van der Waals surface area contributed by atoms with Gasteiger partial charge in [0.25, 0.3) is 5.91 Å². The van der Waals surface area contributed by atoms with Crippen LogP contribution in [0.1, 0.15) is 42.1 Å². The van der Waals surface area contributed by atoms with E-state index >= 15 is 0 Å². The minimum atomic E-state index is -0.276. The number of carbonyl (C=O) groups is 1. The van der Waals surface area contributed by atoms with Crippen LogP contribution in [0.5, 0.6) is 5.75 Å². The average molecular weight is 421 g/mol. The van der Waals surface area contributed by atoms with E-state index in [0.717, 1.165) is 12.1 Å². The molecule has 0 saturated carbocycles. The summed E-state index contributed by atoms with van der Waals surface area (Å²) in [5, 5.41) is 6.11. The molecule has 0 unspecified atom stereocenters. The molecule has 0 bridgehead atoms. The third-order valence-electron chi connectivity index (χ3n) is 3.99. The van der Waals surface area contributed by atoms with Gasteiger partial charge in [-0.25, -0.2) is 0 Å². The normalized spacial score (nSPS) is 11.5. The van der Waals surface area contributed by atoms with Crippen molar-refractivity contribution in [3.05, 3.63) is 58.1 Å². The predicted octanol–water partition coefficient (Wildman–Crippen LogP) is 5.10. The molecule has 0 heterocycles. The first-order valence-electron chi connectivity index (χ1n) is 8.01. The summed E-state index contributed by atoms with van der Waals surface area (Å²) in [7, 11) is 1.58. The molecule has 2 aromatic carbocycles. The number of benzene rings is 2. The molecular formula is C19H21BrN2O2S. The molecular weight excluding hydrogens is 400 g/mol. The lowest BCUT2D eigenvalue weighted by Crippen LogP contribution is -2.34. The van der Waals surface area contributed by atoms with Gasteiger partial charge in [-0.3, -0.25) is 10.1 Å². The van der Waals surface area contributed by atoms with Gasteiger partial charge < -0.3 is 10.1 Å². The van der Waals surface area contributed by atoms with Crippen LogP contribution in [-0.4, -0.2) is 18.1 Å². The van der Waals surface area contributed by atoms with Crippen LogP contribution in [0.2, 0.25) is 0 Å². The number of hydrogen-bond acceptors (Lipinski definition) is 3. The molecule has 0 radical (unpaired) electrons. The van der Waals surface area contributed by atoms with Crippen LogP contribution in [0.4, 0.5) is 5.69 Å². The van der Waals surface area contributed by atoms with Crippen LogP contribution in [0.15, 0.2) is 46.9 Å². The van der Waals surface area contributed by atoms with Gasteiger partial charge in [0.05, 0.1) is 11.6 Å². The van der Waals surface area contributed by atoms with E-state index in [1.165, 1.54) is 5.56 Å². The fourth-order valence-electron chi connectivity index (χ4n) is 2.40. The number of ether oxygens (including phenoxy) is 1. The van der Waals surface area contributed by atoms with Crippen molar-refractivity contribution >= 4 is 44.9 Å². The van der Waals surface area contributed by atoms with E-state index in [4.69, 9.17) is 17.0 Å². The van der Waals surface area contributed by atoms with Crippen molar-refractivity contribution in [2.75, 3.05) is 12.4 Å². The van der Waals surface area contributed by atoms with Gasteiger partial charge in [-0.05, 0) is 70.3 Å². The Hall–Kier alpha value is -1.92. The van der Waals surface area contributed by atoms with Gasteiger partial charge in [0.2, 0.25) is 0 Å². The number of anilines is 1. The van der Waals surface area contributed by atoms with Crippen molar-refractivity contribution < 1.29 is 9.53 Å². The summed E-state index contributed by atoms with van der Waals surface area (Å²) in [6.45, 7) is 4.31. The SMILES string of the molecule is CC[C@H](C)c1ccccc1NC(=S)NC(=O)c1ccc(OC)c(Br)c1. The Balaban J connectivity index is 2.08. The molecule has 2 rings (SSSR count). The number of nitrogens with one attached hydrogen (secondary N) is 2. The third kappa shape index (κ3) is 5.03. The smallest absolute Gasteiger partial charge is 0.257 e. The lowest BCUT2D eigenvalue weighted by molar-refractivity contribution is 0.0977. The molecule has 0 fully saturated rings. The summed E-state index contributed by atoms with van der Waals surface area (Å²) in [4.78, 5) is 12.4. The van der Waals surface area contributed by atoms with Crippen LogP contribution >= 0.6 is 28.1 Å². The van der Waals surface area contributed by atoms with Crippen molar-refractivity contribution in [1.29, 1.82) is 0 Å². The highest BCUT2D eigenvalue weighted by atomic mass is 79.9. The largest absolute Gasteiger partial charge is 0.496 e. The first kappa shape index (κ1) is 19.4. The number of hydrogen-bond donors (Lipinski definition) is 2. The third-order valence-corrected chi connectivity index (χ3v) is 4.82. The number of carbonyl (C=O) groups excluding carboxylic acids is 1. The summed E-state index contributed by atoms with van der Waals surface area (Å²) < 4.78 is 5.88. The monoisotopic (exact) mass is 420 g/mol.